The Labute approximate surface area is 173 Å². The summed E-state index contributed by atoms with van der Waals surface area (Å²) in [4.78, 5) is 15.6. The molecule has 5 nitrogen and oxygen atoms in total. The van der Waals surface area contributed by atoms with E-state index in [0.717, 1.165) is 31.0 Å². The number of ether oxygens (including phenoxy) is 2. The highest BCUT2D eigenvalue weighted by atomic mass is 16.5. The maximum atomic E-state index is 13.1. The van der Waals surface area contributed by atoms with Crippen LogP contribution in [-0.2, 0) is 4.79 Å². The summed E-state index contributed by atoms with van der Waals surface area (Å²) in [6.07, 6.45) is 10.8. The van der Waals surface area contributed by atoms with Gasteiger partial charge in [-0.25, -0.2) is 0 Å². The first-order valence-electron chi connectivity index (χ1n) is 11.1. The fourth-order valence-electron chi connectivity index (χ4n) is 6.17. The lowest BCUT2D eigenvalue weighted by molar-refractivity contribution is -0.126. The van der Waals surface area contributed by atoms with Gasteiger partial charge in [-0.1, -0.05) is 18.2 Å². The molecule has 0 radical (unpaired) electrons. The van der Waals surface area contributed by atoms with Crippen LogP contribution in [0.5, 0.6) is 11.5 Å². The topological polar surface area (TPSA) is 50.8 Å². The van der Waals surface area contributed by atoms with Crippen LogP contribution in [-0.4, -0.2) is 44.7 Å². The van der Waals surface area contributed by atoms with E-state index in [-0.39, 0.29) is 17.9 Å². The van der Waals surface area contributed by atoms with Crippen molar-refractivity contribution in [1.82, 2.24) is 10.2 Å². The lowest BCUT2D eigenvalue weighted by atomic mass is 9.88. The van der Waals surface area contributed by atoms with Gasteiger partial charge in [0, 0.05) is 12.5 Å². The summed E-state index contributed by atoms with van der Waals surface area (Å²) in [5.41, 5.74) is 1.64. The monoisotopic (exact) mass is 396 g/mol. The Bertz CT molecular complexity index is 810. The first-order valence-corrected chi connectivity index (χ1v) is 11.1. The Balaban J connectivity index is 1.31. The van der Waals surface area contributed by atoms with Crippen LogP contribution in [0, 0.1) is 23.2 Å². The SMILES string of the molecule is COc1ccc([C@H](CNC(=O)[C@H]2C[C@H]3C=C[C@H]2C32CC2)N2CCCC2)cc1OC. The number of carbonyl (C=O) groups is 1. The number of hydrogen-bond donors (Lipinski definition) is 1. The van der Waals surface area contributed by atoms with Crippen molar-refractivity contribution in [2.24, 2.45) is 23.2 Å². The van der Waals surface area contributed by atoms with Crippen molar-refractivity contribution < 1.29 is 14.3 Å². The smallest absolute Gasteiger partial charge is 0.223 e. The first-order chi connectivity index (χ1) is 14.2. The van der Waals surface area contributed by atoms with Gasteiger partial charge in [0.2, 0.25) is 5.91 Å². The normalized spacial score (nSPS) is 29.9. The predicted octanol–water partition coefficient (Wildman–Crippen LogP) is 3.56. The van der Waals surface area contributed by atoms with Crippen molar-refractivity contribution in [2.45, 2.75) is 38.1 Å². The van der Waals surface area contributed by atoms with Gasteiger partial charge in [0.1, 0.15) is 0 Å². The second kappa shape index (κ2) is 7.35. The zero-order chi connectivity index (χ0) is 20.0. The standard InChI is InChI=1S/C24H32N2O3/c1-28-21-8-5-16(13-22(21)29-2)20(26-11-3-4-12-26)15-25-23(27)18-14-17-6-7-19(18)24(17)9-10-24/h5-8,13,17-20H,3-4,9-12,14-15H2,1-2H3,(H,25,27)/t17-,18+,19-,20+/m1/s1. The molecule has 2 bridgehead atoms. The van der Waals surface area contributed by atoms with Gasteiger partial charge in [-0.05, 0) is 80.1 Å². The van der Waals surface area contributed by atoms with Gasteiger partial charge in [-0.2, -0.15) is 0 Å². The van der Waals surface area contributed by atoms with Crippen molar-refractivity contribution in [3.63, 3.8) is 0 Å². The van der Waals surface area contributed by atoms with Gasteiger partial charge in [-0.15, -0.1) is 0 Å². The lowest BCUT2D eigenvalue weighted by Gasteiger charge is -2.29. The number of carbonyl (C=O) groups excluding carboxylic acids is 1. The number of amides is 1. The maximum absolute atomic E-state index is 13.1. The average molecular weight is 397 g/mol. The number of hydrogen-bond acceptors (Lipinski definition) is 4. The summed E-state index contributed by atoms with van der Waals surface area (Å²) in [6, 6.07) is 6.31. The minimum Gasteiger partial charge on any atom is -0.493 e. The van der Waals surface area contributed by atoms with Crippen molar-refractivity contribution in [1.29, 1.82) is 0 Å². The molecule has 5 heteroatoms. The molecule has 1 aromatic rings. The van der Waals surface area contributed by atoms with Crippen LogP contribution < -0.4 is 14.8 Å². The summed E-state index contributed by atoms with van der Waals surface area (Å²) in [6.45, 7) is 2.81. The largest absolute Gasteiger partial charge is 0.493 e. The minimum absolute atomic E-state index is 0.164. The van der Waals surface area contributed by atoms with Crippen molar-refractivity contribution in [3.8, 4) is 11.5 Å². The van der Waals surface area contributed by atoms with Crippen LogP contribution >= 0.6 is 0 Å². The molecule has 1 amide bonds. The van der Waals surface area contributed by atoms with E-state index in [2.05, 4.69) is 34.5 Å². The summed E-state index contributed by atoms with van der Waals surface area (Å²) >= 11 is 0. The van der Waals surface area contributed by atoms with Crippen molar-refractivity contribution in [3.05, 3.63) is 35.9 Å². The highest BCUT2D eigenvalue weighted by Crippen LogP contribution is 2.70. The quantitative estimate of drug-likeness (QED) is 0.716. The third-order valence-electron chi connectivity index (χ3n) is 7.90. The zero-order valence-corrected chi connectivity index (χ0v) is 17.5. The Morgan fingerprint density at radius 3 is 2.59 bits per heavy atom. The van der Waals surface area contributed by atoms with Gasteiger partial charge in [0.05, 0.1) is 20.3 Å². The molecule has 3 fully saturated rings. The first kappa shape index (κ1) is 19.0. The molecule has 1 N–H and O–H groups in total. The molecule has 1 aliphatic heterocycles. The number of likely N-dealkylation sites (tertiary alicyclic amines) is 1. The number of methoxy groups -OCH3 is 2. The highest BCUT2D eigenvalue weighted by molar-refractivity contribution is 5.80. The fourth-order valence-corrected chi connectivity index (χ4v) is 6.17. The fraction of sp³-hybridized carbons (Fsp3) is 0.625. The molecule has 0 aromatic heterocycles. The van der Waals surface area contributed by atoms with Crippen LogP contribution in [0.4, 0.5) is 0 Å². The maximum Gasteiger partial charge on any atom is 0.223 e. The second-order valence-electron chi connectivity index (χ2n) is 9.21. The van der Waals surface area contributed by atoms with Crippen LogP contribution in [0.15, 0.2) is 30.4 Å². The summed E-state index contributed by atoms with van der Waals surface area (Å²) in [7, 11) is 3.33. The number of benzene rings is 1. The van der Waals surface area contributed by atoms with E-state index in [9.17, 15) is 4.79 Å². The molecule has 4 aliphatic rings. The third kappa shape index (κ3) is 3.14. The van der Waals surface area contributed by atoms with Gasteiger partial charge in [-0.3, -0.25) is 9.69 Å². The molecule has 1 spiro atoms. The Morgan fingerprint density at radius 1 is 1.17 bits per heavy atom. The number of rotatable bonds is 7. The van der Waals surface area contributed by atoms with Crippen LogP contribution in [0.1, 0.15) is 43.7 Å². The van der Waals surface area contributed by atoms with Crippen LogP contribution in [0.25, 0.3) is 0 Å². The average Bonchev–Trinajstić information content (AvgIpc) is 3.09. The molecule has 0 unspecified atom stereocenters. The van der Waals surface area contributed by atoms with E-state index in [0.29, 0.717) is 23.8 Å². The summed E-state index contributed by atoms with van der Waals surface area (Å²) in [5, 5.41) is 3.33. The summed E-state index contributed by atoms with van der Waals surface area (Å²) in [5.74, 6) is 3.01. The van der Waals surface area contributed by atoms with Crippen molar-refractivity contribution in [2.75, 3.05) is 33.9 Å². The molecule has 4 atom stereocenters. The number of allylic oxidation sites excluding steroid dienone is 2. The van der Waals surface area contributed by atoms with Gasteiger partial charge >= 0.3 is 0 Å². The summed E-state index contributed by atoms with van der Waals surface area (Å²) < 4.78 is 10.9. The minimum atomic E-state index is 0.164. The highest BCUT2D eigenvalue weighted by Gasteiger charge is 2.64. The zero-order valence-electron chi connectivity index (χ0n) is 17.5. The van der Waals surface area contributed by atoms with E-state index < -0.39 is 0 Å². The number of nitrogens with one attached hydrogen (secondary N) is 1. The molecule has 3 aliphatic carbocycles. The van der Waals surface area contributed by atoms with Crippen LogP contribution in [0.3, 0.4) is 0 Å². The predicted molar refractivity (Wildman–Crippen MR) is 112 cm³/mol. The lowest BCUT2D eigenvalue weighted by Crippen LogP contribution is -2.40. The van der Waals surface area contributed by atoms with Gasteiger partial charge in [0.15, 0.2) is 11.5 Å². The molecule has 156 valence electrons. The van der Waals surface area contributed by atoms with E-state index in [4.69, 9.17) is 9.47 Å². The third-order valence-corrected chi connectivity index (χ3v) is 7.90. The molecule has 29 heavy (non-hydrogen) atoms. The van der Waals surface area contributed by atoms with E-state index >= 15 is 0 Å². The van der Waals surface area contributed by atoms with Gasteiger partial charge < -0.3 is 14.8 Å². The molecular formula is C24H32N2O3. The Kier molecular flexibility index (Phi) is 4.81. The van der Waals surface area contributed by atoms with Crippen molar-refractivity contribution >= 4 is 5.91 Å². The Hall–Kier alpha value is -2.01. The molecule has 1 aromatic carbocycles. The number of nitrogens with zero attached hydrogens (tertiary/aromatic N) is 1. The Morgan fingerprint density at radius 2 is 1.93 bits per heavy atom. The molecule has 2 saturated carbocycles. The van der Waals surface area contributed by atoms with E-state index in [1.54, 1.807) is 14.2 Å². The second-order valence-corrected chi connectivity index (χ2v) is 9.21. The molecule has 1 heterocycles. The van der Waals surface area contributed by atoms with Gasteiger partial charge in [0.25, 0.3) is 0 Å². The van der Waals surface area contributed by atoms with Crippen LogP contribution in [0.2, 0.25) is 0 Å². The molecular weight excluding hydrogens is 364 g/mol. The molecule has 1 saturated heterocycles. The van der Waals surface area contributed by atoms with E-state index in [1.165, 1.54) is 31.2 Å². The molecule has 5 rings (SSSR count). The van der Waals surface area contributed by atoms with E-state index in [1.807, 2.05) is 6.07 Å².